The lowest BCUT2D eigenvalue weighted by Crippen LogP contribution is -2.30. The van der Waals surface area contributed by atoms with E-state index in [0.717, 1.165) is 13.1 Å². The quantitative estimate of drug-likeness (QED) is 0.887. The number of pyridine rings is 1. The Morgan fingerprint density at radius 3 is 2.71 bits per heavy atom. The zero-order chi connectivity index (χ0) is 16.8. The third kappa shape index (κ3) is 3.67. The number of nitrogens with zero attached hydrogens (tertiary/aromatic N) is 2. The second-order valence-corrected chi connectivity index (χ2v) is 6.01. The van der Waals surface area contributed by atoms with Gasteiger partial charge in [0.1, 0.15) is 5.82 Å². The minimum absolute atomic E-state index is 0.130. The van der Waals surface area contributed by atoms with Crippen molar-refractivity contribution in [3.63, 3.8) is 0 Å². The summed E-state index contributed by atoms with van der Waals surface area (Å²) in [6.45, 7) is 2.88. The summed E-state index contributed by atoms with van der Waals surface area (Å²) in [5, 5.41) is 5.98. The summed E-state index contributed by atoms with van der Waals surface area (Å²) in [6, 6.07) is 12.0. The van der Waals surface area contributed by atoms with Gasteiger partial charge in [-0.2, -0.15) is 0 Å². The van der Waals surface area contributed by atoms with Crippen molar-refractivity contribution in [3.05, 3.63) is 53.7 Å². The molecule has 0 saturated carbocycles. The van der Waals surface area contributed by atoms with Crippen molar-refractivity contribution < 1.29 is 4.79 Å². The van der Waals surface area contributed by atoms with E-state index in [1.165, 1.54) is 30.5 Å². The van der Waals surface area contributed by atoms with Gasteiger partial charge in [-0.3, -0.25) is 4.79 Å². The molecule has 1 aromatic heterocycles. The molecule has 0 aliphatic carbocycles. The molecule has 0 unspecified atom stereocenters. The van der Waals surface area contributed by atoms with Crippen LogP contribution in [0.4, 0.5) is 11.5 Å². The van der Waals surface area contributed by atoms with Crippen molar-refractivity contribution >= 4 is 17.4 Å². The van der Waals surface area contributed by atoms with Gasteiger partial charge in [-0.05, 0) is 43.0 Å². The van der Waals surface area contributed by atoms with Gasteiger partial charge in [0.25, 0.3) is 5.91 Å². The van der Waals surface area contributed by atoms with Gasteiger partial charge in [0.2, 0.25) is 0 Å². The first kappa shape index (κ1) is 16.3. The number of benzene rings is 1. The number of nitrogens with one attached hydrogen (secondary N) is 2. The van der Waals surface area contributed by atoms with Gasteiger partial charge in [-0.15, -0.1) is 0 Å². The van der Waals surface area contributed by atoms with Crippen molar-refractivity contribution in [3.8, 4) is 0 Å². The number of carbonyl (C=O) groups excluding carboxylic acids is 1. The monoisotopic (exact) mass is 324 g/mol. The molecule has 2 N–H and O–H groups in total. The highest BCUT2D eigenvalue weighted by molar-refractivity contribution is 5.98. The number of para-hydroxylation sites is 1. The maximum absolute atomic E-state index is 12.0. The van der Waals surface area contributed by atoms with Gasteiger partial charge in [-0.25, -0.2) is 4.98 Å². The number of rotatable bonds is 5. The van der Waals surface area contributed by atoms with Gasteiger partial charge >= 0.3 is 0 Å². The van der Waals surface area contributed by atoms with E-state index in [9.17, 15) is 4.79 Å². The summed E-state index contributed by atoms with van der Waals surface area (Å²) in [7, 11) is 1.63. The van der Waals surface area contributed by atoms with Crippen LogP contribution in [0.5, 0.6) is 0 Å². The van der Waals surface area contributed by atoms with Gasteiger partial charge in [0, 0.05) is 38.6 Å². The summed E-state index contributed by atoms with van der Waals surface area (Å²) in [5.41, 5.74) is 3.07. The van der Waals surface area contributed by atoms with Crippen LogP contribution in [0.2, 0.25) is 0 Å². The van der Waals surface area contributed by atoms with E-state index in [-0.39, 0.29) is 5.91 Å². The molecular formula is C19H24N4O. The normalized spacial score (nSPS) is 14.3. The fourth-order valence-corrected chi connectivity index (χ4v) is 3.15. The van der Waals surface area contributed by atoms with Gasteiger partial charge in [0.15, 0.2) is 0 Å². The Morgan fingerprint density at radius 1 is 1.12 bits per heavy atom. The van der Waals surface area contributed by atoms with Crippen molar-refractivity contribution in [1.29, 1.82) is 0 Å². The highest BCUT2D eigenvalue weighted by atomic mass is 16.1. The van der Waals surface area contributed by atoms with Crippen molar-refractivity contribution in [2.75, 3.05) is 30.4 Å². The van der Waals surface area contributed by atoms with E-state index in [1.807, 2.05) is 0 Å². The van der Waals surface area contributed by atoms with Crippen LogP contribution in [0.15, 0.2) is 42.6 Å². The first-order valence-corrected chi connectivity index (χ1v) is 8.53. The van der Waals surface area contributed by atoms with E-state index in [0.29, 0.717) is 17.9 Å². The van der Waals surface area contributed by atoms with Crippen LogP contribution in [0.1, 0.15) is 35.2 Å². The summed E-state index contributed by atoms with van der Waals surface area (Å²) in [6.07, 6.45) is 5.53. The first-order chi connectivity index (χ1) is 11.8. The van der Waals surface area contributed by atoms with Crippen LogP contribution in [0.3, 0.4) is 0 Å². The van der Waals surface area contributed by atoms with Crippen LogP contribution in [-0.2, 0) is 6.54 Å². The highest BCUT2D eigenvalue weighted by Gasteiger charge is 2.15. The summed E-state index contributed by atoms with van der Waals surface area (Å²) in [5.74, 6) is 0.486. The Hall–Kier alpha value is -2.56. The lowest BCUT2D eigenvalue weighted by Gasteiger charge is -2.30. The maximum atomic E-state index is 12.0. The number of carbonyl (C=O) groups is 1. The SMILES string of the molecule is CNC(=O)c1cccnc1NCc1ccccc1N1CCCCC1. The molecule has 1 fully saturated rings. The molecule has 24 heavy (non-hydrogen) atoms. The highest BCUT2D eigenvalue weighted by Crippen LogP contribution is 2.25. The molecule has 1 saturated heterocycles. The Labute approximate surface area is 143 Å². The van der Waals surface area contributed by atoms with Crippen LogP contribution < -0.4 is 15.5 Å². The third-order valence-corrected chi connectivity index (χ3v) is 4.41. The van der Waals surface area contributed by atoms with E-state index in [4.69, 9.17) is 0 Å². The number of hydrogen-bond acceptors (Lipinski definition) is 4. The Balaban J connectivity index is 1.77. The van der Waals surface area contributed by atoms with E-state index in [2.05, 4.69) is 44.8 Å². The van der Waals surface area contributed by atoms with E-state index < -0.39 is 0 Å². The predicted molar refractivity (Wildman–Crippen MR) is 97.5 cm³/mol. The van der Waals surface area contributed by atoms with Crippen LogP contribution >= 0.6 is 0 Å². The second kappa shape index (κ2) is 7.81. The largest absolute Gasteiger partial charge is 0.371 e. The molecule has 0 radical (unpaired) electrons. The van der Waals surface area contributed by atoms with Gasteiger partial charge in [0.05, 0.1) is 5.56 Å². The van der Waals surface area contributed by atoms with Crippen LogP contribution in [0, 0.1) is 0 Å². The molecule has 5 heteroatoms. The van der Waals surface area contributed by atoms with Gasteiger partial charge in [-0.1, -0.05) is 18.2 Å². The number of piperidine rings is 1. The fourth-order valence-electron chi connectivity index (χ4n) is 3.15. The molecule has 2 heterocycles. The third-order valence-electron chi connectivity index (χ3n) is 4.41. The lowest BCUT2D eigenvalue weighted by atomic mass is 10.1. The standard InChI is InChI=1S/C19H24N4O/c1-20-19(24)16-9-7-11-21-18(16)22-14-15-8-3-4-10-17(15)23-12-5-2-6-13-23/h3-4,7-11H,2,5-6,12-14H2,1H3,(H,20,24)(H,21,22). The predicted octanol–water partition coefficient (Wildman–Crippen LogP) is 3.04. The first-order valence-electron chi connectivity index (χ1n) is 8.53. The fraction of sp³-hybridized carbons (Fsp3) is 0.368. The van der Waals surface area contributed by atoms with E-state index in [1.54, 1.807) is 25.4 Å². The van der Waals surface area contributed by atoms with Gasteiger partial charge < -0.3 is 15.5 Å². The molecule has 5 nitrogen and oxygen atoms in total. The smallest absolute Gasteiger partial charge is 0.254 e. The molecule has 1 aliphatic heterocycles. The molecule has 126 valence electrons. The van der Waals surface area contributed by atoms with E-state index >= 15 is 0 Å². The molecule has 0 bridgehead atoms. The van der Waals surface area contributed by atoms with Crippen molar-refractivity contribution in [2.24, 2.45) is 0 Å². The average molecular weight is 324 g/mol. The Kier molecular flexibility index (Phi) is 5.31. The molecule has 1 aliphatic rings. The maximum Gasteiger partial charge on any atom is 0.254 e. The van der Waals surface area contributed by atoms with Crippen LogP contribution in [0.25, 0.3) is 0 Å². The molecule has 0 spiro atoms. The number of amides is 1. The number of hydrogen-bond donors (Lipinski definition) is 2. The molecular weight excluding hydrogens is 300 g/mol. The minimum atomic E-state index is -0.130. The minimum Gasteiger partial charge on any atom is -0.371 e. The molecule has 1 amide bonds. The Morgan fingerprint density at radius 2 is 1.92 bits per heavy atom. The number of aromatic nitrogens is 1. The van der Waals surface area contributed by atoms with Crippen molar-refractivity contribution in [2.45, 2.75) is 25.8 Å². The topological polar surface area (TPSA) is 57.3 Å². The summed E-state index contributed by atoms with van der Waals surface area (Å²) < 4.78 is 0. The zero-order valence-electron chi connectivity index (χ0n) is 14.1. The second-order valence-electron chi connectivity index (χ2n) is 6.01. The zero-order valence-corrected chi connectivity index (χ0v) is 14.1. The average Bonchev–Trinajstić information content (AvgIpc) is 2.67. The Bertz CT molecular complexity index is 695. The molecule has 0 atom stereocenters. The molecule has 1 aromatic carbocycles. The molecule has 3 rings (SSSR count). The summed E-state index contributed by atoms with van der Waals surface area (Å²) >= 11 is 0. The lowest BCUT2D eigenvalue weighted by molar-refractivity contribution is 0.0963. The van der Waals surface area contributed by atoms with Crippen molar-refractivity contribution in [1.82, 2.24) is 10.3 Å². The van der Waals surface area contributed by atoms with Crippen LogP contribution in [-0.4, -0.2) is 31.0 Å². The number of anilines is 2. The molecule has 2 aromatic rings. The summed E-state index contributed by atoms with van der Waals surface area (Å²) in [4.78, 5) is 18.7.